The van der Waals surface area contributed by atoms with Gasteiger partial charge in [-0.3, -0.25) is 14.8 Å². The van der Waals surface area contributed by atoms with E-state index in [1.807, 2.05) is 17.9 Å². The number of pyridine rings is 1. The Morgan fingerprint density at radius 3 is 2.78 bits per heavy atom. The maximum absolute atomic E-state index is 13.0. The molecule has 3 aromatic rings. The molecule has 2 aliphatic rings. The highest BCUT2D eigenvalue weighted by Crippen LogP contribution is 2.37. The van der Waals surface area contributed by atoms with Gasteiger partial charge in [0.25, 0.3) is 5.91 Å². The normalized spacial score (nSPS) is 14.5. The zero-order valence-electron chi connectivity index (χ0n) is 19.6. The maximum Gasteiger partial charge on any atom is 0.416 e. The fourth-order valence-electron chi connectivity index (χ4n) is 4.16. The molecule has 8 nitrogen and oxygen atoms in total. The van der Waals surface area contributed by atoms with E-state index in [-0.39, 0.29) is 12.2 Å². The number of aryl methyl sites for hydroxylation is 1. The molecular weight excluding hydrogens is 490 g/mol. The average Bonchev–Trinajstić information content (AvgIpc) is 3.38. The Balaban J connectivity index is 1.47. The summed E-state index contributed by atoms with van der Waals surface area (Å²) < 4.78 is 51.7. The number of aliphatic imine (C=N–C) groups is 1. The smallest absolute Gasteiger partial charge is 0.352 e. The number of rotatable bonds is 6. The summed E-state index contributed by atoms with van der Waals surface area (Å²) in [6, 6.07) is 6.75. The summed E-state index contributed by atoms with van der Waals surface area (Å²) in [7, 11) is 0. The van der Waals surface area contributed by atoms with E-state index in [1.54, 1.807) is 24.4 Å². The van der Waals surface area contributed by atoms with Crippen molar-refractivity contribution < 1.29 is 22.4 Å². The Kier molecular flexibility index (Phi) is 6.32. The fourth-order valence-corrected chi connectivity index (χ4v) is 4.16. The lowest BCUT2D eigenvalue weighted by Crippen LogP contribution is -2.32. The van der Waals surface area contributed by atoms with Crippen LogP contribution in [0.25, 0.3) is 11.6 Å². The second-order valence-corrected chi connectivity index (χ2v) is 8.41. The second-order valence-electron chi connectivity index (χ2n) is 8.41. The number of anilines is 3. The van der Waals surface area contributed by atoms with Crippen molar-refractivity contribution in [1.82, 2.24) is 15.0 Å². The van der Waals surface area contributed by atoms with Crippen molar-refractivity contribution in [3.05, 3.63) is 70.7 Å². The zero-order valence-corrected chi connectivity index (χ0v) is 19.6. The van der Waals surface area contributed by atoms with Crippen LogP contribution in [0.15, 0.2) is 47.7 Å². The molecule has 37 heavy (non-hydrogen) atoms. The van der Waals surface area contributed by atoms with Gasteiger partial charge in [0.15, 0.2) is 0 Å². The number of aromatic nitrogens is 3. The third kappa shape index (κ3) is 4.86. The lowest BCUT2D eigenvalue weighted by Gasteiger charge is -2.28. The zero-order chi connectivity index (χ0) is 26.2. The van der Waals surface area contributed by atoms with Crippen LogP contribution in [0, 0.1) is 6.92 Å². The van der Waals surface area contributed by atoms with E-state index in [0.29, 0.717) is 42.4 Å². The molecule has 0 fully saturated rings. The van der Waals surface area contributed by atoms with Gasteiger partial charge in [0.2, 0.25) is 5.95 Å². The van der Waals surface area contributed by atoms with Crippen molar-refractivity contribution >= 4 is 40.8 Å². The van der Waals surface area contributed by atoms with Crippen molar-refractivity contribution in [2.24, 2.45) is 4.99 Å². The van der Waals surface area contributed by atoms with E-state index >= 15 is 0 Å². The first kappa shape index (κ1) is 24.3. The molecule has 0 aliphatic carbocycles. The molecule has 190 valence electrons. The van der Waals surface area contributed by atoms with Crippen LogP contribution in [0.1, 0.15) is 32.7 Å². The Morgan fingerprint density at radius 1 is 1.16 bits per heavy atom. The van der Waals surface area contributed by atoms with Crippen molar-refractivity contribution in [2.45, 2.75) is 13.1 Å². The second kappa shape index (κ2) is 9.60. The minimum atomic E-state index is -4.58. The number of amides is 1. The number of carbonyl (C=O) groups is 1. The monoisotopic (exact) mass is 511 g/mol. The number of amidine groups is 1. The fraction of sp³-hybridized carbons (Fsp3) is 0.240. The molecule has 0 saturated carbocycles. The summed E-state index contributed by atoms with van der Waals surface area (Å²) >= 11 is 0. The number of fused-ring (bicyclic) bond motifs is 3. The molecule has 1 amide bonds. The topological polar surface area (TPSA) is 95.4 Å². The van der Waals surface area contributed by atoms with Crippen LogP contribution >= 0.6 is 0 Å². The predicted molar refractivity (Wildman–Crippen MR) is 132 cm³/mol. The van der Waals surface area contributed by atoms with E-state index in [0.717, 1.165) is 34.5 Å². The Morgan fingerprint density at radius 2 is 2.00 bits per heavy atom. The van der Waals surface area contributed by atoms with Gasteiger partial charge in [-0.25, -0.2) is 9.37 Å². The quantitative estimate of drug-likeness (QED) is 0.470. The van der Waals surface area contributed by atoms with Crippen LogP contribution in [0.5, 0.6) is 0 Å². The molecule has 2 N–H and O–H groups in total. The van der Waals surface area contributed by atoms with Gasteiger partial charge in [-0.1, -0.05) is 6.07 Å². The lowest BCUT2D eigenvalue weighted by molar-refractivity contribution is -0.137. The van der Waals surface area contributed by atoms with Crippen LogP contribution in [-0.4, -0.2) is 53.0 Å². The Hall–Kier alpha value is -4.35. The van der Waals surface area contributed by atoms with Crippen molar-refractivity contribution in [3.8, 4) is 0 Å². The molecule has 2 aliphatic heterocycles. The SMILES string of the molecule is Cc1ccc(NC(=O)c2cc(C(F)(F)F)ccn2)cc1C1=Cc2cnc(NCCF)nc2N2CCN=C12. The molecule has 1 aromatic carbocycles. The van der Waals surface area contributed by atoms with Crippen LogP contribution in [0.3, 0.4) is 0 Å². The van der Waals surface area contributed by atoms with E-state index in [4.69, 9.17) is 0 Å². The number of hydrogen-bond donors (Lipinski definition) is 2. The minimum Gasteiger partial charge on any atom is -0.352 e. The average molecular weight is 511 g/mol. The summed E-state index contributed by atoms with van der Waals surface area (Å²) in [5.41, 5.74) is 2.33. The molecule has 0 unspecified atom stereocenters. The molecule has 0 saturated heterocycles. The molecule has 12 heteroatoms. The van der Waals surface area contributed by atoms with Crippen molar-refractivity contribution in [2.75, 3.05) is 41.8 Å². The van der Waals surface area contributed by atoms with Crippen molar-refractivity contribution in [1.29, 1.82) is 0 Å². The van der Waals surface area contributed by atoms with Gasteiger partial charge in [0.1, 0.15) is 24.0 Å². The largest absolute Gasteiger partial charge is 0.416 e. The minimum absolute atomic E-state index is 0.106. The molecule has 0 bridgehead atoms. The molecule has 0 spiro atoms. The van der Waals surface area contributed by atoms with Gasteiger partial charge in [0.05, 0.1) is 12.1 Å². The van der Waals surface area contributed by atoms with Gasteiger partial charge in [0, 0.05) is 42.3 Å². The van der Waals surface area contributed by atoms with E-state index in [2.05, 4.69) is 30.6 Å². The number of nitrogens with zero attached hydrogens (tertiary/aromatic N) is 5. The summed E-state index contributed by atoms with van der Waals surface area (Å²) in [6.45, 7) is 2.63. The van der Waals surface area contributed by atoms with Crippen LogP contribution < -0.4 is 15.5 Å². The van der Waals surface area contributed by atoms with E-state index in [1.165, 1.54) is 0 Å². The van der Waals surface area contributed by atoms with Gasteiger partial charge < -0.3 is 15.5 Å². The standard InChI is InChI=1S/C25H21F4N7O/c1-14-2-3-17(34-23(37)20-11-16(4-6-30-20)25(27,28)29)12-18(14)19-10-15-13-33-24(32-7-5-26)35-21(15)36-9-8-31-22(19)36/h2-4,6,10-13H,5,7-9H2,1H3,(H,34,37)(H,32,33,35). The predicted octanol–water partition coefficient (Wildman–Crippen LogP) is 4.61. The van der Waals surface area contributed by atoms with Crippen LogP contribution in [-0.2, 0) is 6.18 Å². The molecule has 0 radical (unpaired) electrons. The summed E-state index contributed by atoms with van der Waals surface area (Å²) in [4.78, 5) is 31.9. The van der Waals surface area contributed by atoms with Gasteiger partial charge in [-0.2, -0.15) is 18.2 Å². The first-order chi connectivity index (χ1) is 17.7. The number of benzene rings is 1. The maximum atomic E-state index is 13.0. The third-order valence-corrected chi connectivity index (χ3v) is 5.92. The van der Waals surface area contributed by atoms with E-state index in [9.17, 15) is 22.4 Å². The summed E-state index contributed by atoms with van der Waals surface area (Å²) in [5, 5.41) is 5.47. The molecule has 5 rings (SSSR count). The molecule has 2 aromatic heterocycles. The van der Waals surface area contributed by atoms with Gasteiger partial charge in [-0.05, 0) is 48.4 Å². The number of nitrogens with one attached hydrogen (secondary N) is 2. The molecule has 0 atom stereocenters. The number of alkyl halides is 4. The molecule has 4 heterocycles. The Labute approximate surface area is 209 Å². The summed E-state index contributed by atoms with van der Waals surface area (Å²) in [6.07, 6.45) is -0.0775. The van der Waals surface area contributed by atoms with Crippen LogP contribution in [0.4, 0.5) is 35.0 Å². The van der Waals surface area contributed by atoms with Crippen LogP contribution in [0.2, 0.25) is 0 Å². The van der Waals surface area contributed by atoms with E-state index < -0.39 is 24.3 Å². The highest BCUT2D eigenvalue weighted by molar-refractivity contribution is 6.36. The number of halogens is 4. The first-order valence-electron chi connectivity index (χ1n) is 11.4. The highest BCUT2D eigenvalue weighted by atomic mass is 19.4. The number of carbonyl (C=O) groups excluding carboxylic acids is 1. The first-order valence-corrected chi connectivity index (χ1v) is 11.4. The van der Waals surface area contributed by atoms with Gasteiger partial charge >= 0.3 is 6.18 Å². The lowest BCUT2D eigenvalue weighted by atomic mass is 9.94. The highest BCUT2D eigenvalue weighted by Gasteiger charge is 2.32. The molecular formula is C25H21F4N7O. The van der Waals surface area contributed by atoms with Gasteiger partial charge in [-0.15, -0.1) is 0 Å². The summed E-state index contributed by atoms with van der Waals surface area (Å²) in [5.74, 6) is 0.928. The third-order valence-electron chi connectivity index (χ3n) is 5.92. The van der Waals surface area contributed by atoms with Crippen molar-refractivity contribution in [3.63, 3.8) is 0 Å². The Bertz CT molecular complexity index is 1430. The number of hydrogen-bond acceptors (Lipinski definition) is 7.